The Hall–Kier alpha value is -0.735. The lowest BCUT2D eigenvalue weighted by atomic mass is 10.1. The van der Waals surface area contributed by atoms with Gasteiger partial charge in [0, 0.05) is 0 Å². The van der Waals surface area contributed by atoms with Gasteiger partial charge in [0.2, 0.25) is 0 Å². The first-order valence-electron chi connectivity index (χ1n) is 1.69. The van der Waals surface area contributed by atoms with Crippen molar-refractivity contribution in [2.45, 2.75) is 6.07 Å². The number of nitrogens with zero attached hydrogens (tertiary/aromatic N) is 4. The van der Waals surface area contributed by atoms with Crippen molar-refractivity contribution in [2.75, 3.05) is 0 Å². The molecule has 0 saturated heterocycles. The van der Waals surface area contributed by atoms with E-state index in [-0.39, 0.29) is 6.07 Å². The smallest absolute Gasteiger partial charge is 0.148 e. The van der Waals surface area contributed by atoms with Gasteiger partial charge in [0.15, 0.2) is 7.85 Å². The molecule has 1 aliphatic heterocycles. The predicted molar refractivity (Wildman–Crippen MR) is 22.0 cm³/mol. The molecule has 0 saturated carbocycles. The van der Waals surface area contributed by atoms with Crippen molar-refractivity contribution in [1.29, 1.82) is 0 Å². The zero-order chi connectivity index (χ0) is 4.41. The summed E-state index contributed by atoms with van der Waals surface area (Å²) in [6.45, 7) is 0. The molecule has 0 aromatic carbocycles. The molecule has 0 N–H and O–H groups in total. The van der Waals surface area contributed by atoms with Gasteiger partial charge in [-0.1, -0.05) is 0 Å². The van der Waals surface area contributed by atoms with Crippen molar-refractivity contribution in [3.8, 4) is 0 Å². The van der Waals surface area contributed by atoms with Gasteiger partial charge in [-0.15, -0.1) is 10.2 Å². The third-order valence-corrected chi connectivity index (χ3v) is 0.477. The van der Waals surface area contributed by atoms with Gasteiger partial charge >= 0.3 is 0 Å². The summed E-state index contributed by atoms with van der Waals surface area (Å²) >= 11 is 0. The highest BCUT2D eigenvalue weighted by atomic mass is 15.5. The molecule has 6 heavy (non-hydrogen) atoms. The molecule has 5 heteroatoms. The van der Waals surface area contributed by atoms with Gasteiger partial charge in [-0.3, -0.25) is 0 Å². The maximum atomic E-state index is 3.53. The molecule has 4 nitrogen and oxygen atoms in total. The van der Waals surface area contributed by atoms with E-state index in [1.807, 2.05) is 7.85 Å². The molecule has 0 atom stereocenters. The zero-order valence-electron chi connectivity index (χ0n) is 3.37. The van der Waals surface area contributed by atoms with Gasteiger partial charge in [0.05, 0.1) is 0 Å². The highest BCUT2D eigenvalue weighted by Crippen LogP contribution is 1.97. The van der Waals surface area contributed by atoms with E-state index in [1.54, 1.807) is 0 Å². The number of hydrogen-bond donors (Lipinski definition) is 0. The molecule has 1 heterocycles. The summed E-state index contributed by atoms with van der Waals surface area (Å²) in [5.41, 5.74) is 0. The lowest BCUT2D eigenvalue weighted by Crippen LogP contribution is -1.90. The Kier molecular flexibility index (Phi) is 0.667. The second-order valence-electron chi connectivity index (χ2n) is 1.04. The van der Waals surface area contributed by atoms with Crippen LogP contribution in [0, 0.1) is 0 Å². The van der Waals surface area contributed by atoms with Crippen molar-refractivity contribution in [2.24, 2.45) is 20.7 Å². The van der Waals surface area contributed by atoms with Gasteiger partial charge in [0.25, 0.3) is 0 Å². The van der Waals surface area contributed by atoms with E-state index < -0.39 is 0 Å². The van der Waals surface area contributed by atoms with Gasteiger partial charge in [-0.2, -0.15) is 0 Å². The Morgan fingerprint density at radius 2 is 1.67 bits per heavy atom. The highest BCUT2D eigenvalue weighted by molar-refractivity contribution is 6.11. The third kappa shape index (κ3) is 0.427. The Balaban J connectivity index is 2.60. The largest absolute Gasteiger partial charge is 0.167 e. The van der Waals surface area contributed by atoms with Crippen molar-refractivity contribution >= 4 is 7.85 Å². The van der Waals surface area contributed by atoms with E-state index in [0.29, 0.717) is 0 Å². The van der Waals surface area contributed by atoms with Gasteiger partial charge in [0.1, 0.15) is 6.07 Å². The molecule has 0 amide bonds. The Labute approximate surface area is 35.7 Å². The molecule has 0 unspecified atom stereocenters. The first-order chi connectivity index (χ1) is 2.89. The Morgan fingerprint density at radius 1 is 1.17 bits per heavy atom. The van der Waals surface area contributed by atoms with Crippen LogP contribution >= 0.6 is 0 Å². The van der Waals surface area contributed by atoms with Crippen molar-refractivity contribution in [1.82, 2.24) is 0 Å². The second kappa shape index (κ2) is 1.16. The minimum atomic E-state index is -0.0370. The molecule has 1 rings (SSSR count). The van der Waals surface area contributed by atoms with Crippen molar-refractivity contribution in [3.05, 3.63) is 0 Å². The van der Waals surface area contributed by atoms with Crippen LogP contribution in [0.2, 0.25) is 0 Å². The molecule has 0 spiro atoms. The SMILES string of the molecule is BC1N=NN=N1. The maximum absolute atomic E-state index is 3.53. The monoisotopic (exact) mass is 82.0 g/mol. The van der Waals surface area contributed by atoms with Crippen molar-refractivity contribution < 1.29 is 0 Å². The van der Waals surface area contributed by atoms with Gasteiger partial charge in [-0.25, -0.2) is 0 Å². The number of rotatable bonds is 0. The van der Waals surface area contributed by atoms with E-state index in [9.17, 15) is 0 Å². The standard InChI is InChI=1S/CH3BN4/c2-1-3-5-6-4-1/h1H,2H2. The van der Waals surface area contributed by atoms with Crippen LogP contribution < -0.4 is 0 Å². The summed E-state index contributed by atoms with van der Waals surface area (Å²) in [5, 5.41) is 13.6. The molecule has 0 aromatic rings. The first kappa shape index (κ1) is 3.45. The Bertz CT molecular complexity index is 83.7. The van der Waals surface area contributed by atoms with Crippen LogP contribution in [0.15, 0.2) is 20.7 Å². The summed E-state index contributed by atoms with van der Waals surface area (Å²) < 4.78 is 0. The average Bonchev–Trinajstić information content (AvgIpc) is 1.86. The fourth-order valence-corrected chi connectivity index (χ4v) is 0.219. The summed E-state index contributed by atoms with van der Waals surface area (Å²) in [6, 6.07) is -0.0370. The number of hydrogen-bond acceptors (Lipinski definition) is 4. The summed E-state index contributed by atoms with van der Waals surface area (Å²) in [4.78, 5) is 0. The van der Waals surface area contributed by atoms with Crippen LogP contribution in [0.4, 0.5) is 0 Å². The third-order valence-electron chi connectivity index (χ3n) is 0.477. The van der Waals surface area contributed by atoms with E-state index in [1.165, 1.54) is 0 Å². The lowest BCUT2D eigenvalue weighted by Gasteiger charge is -1.76. The van der Waals surface area contributed by atoms with Crippen LogP contribution in [-0.2, 0) is 0 Å². The topological polar surface area (TPSA) is 49.4 Å². The van der Waals surface area contributed by atoms with Crippen LogP contribution in [0.1, 0.15) is 0 Å². The van der Waals surface area contributed by atoms with Crippen LogP contribution in [0.5, 0.6) is 0 Å². The zero-order valence-corrected chi connectivity index (χ0v) is 3.37. The fraction of sp³-hybridized carbons (Fsp3) is 1.00. The highest BCUT2D eigenvalue weighted by Gasteiger charge is 1.96. The van der Waals surface area contributed by atoms with Crippen LogP contribution in [0.3, 0.4) is 0 Å². The molecule has 1 aliphatic rings. The first-order valence-corrected chi connectivity index (χ1v) is 1.69. The molecular weight excluding hydrogens is 78.9 g/mol. The van der Waals surface area contributed by atoms with E-state index in [4.69, 9.17) is 0 Å². The van der Waals surface area contributed by atoms with Crippen LogP contribution in [0.25, 0.3) is 0 Å². The molecule has 0 aromatic heterocycles. The Morgan fingerprint density at radius 3 is 1.83 bits per heavy atom. The van der Waals surface area contributed by atoms with Crippen LogP contribution in [-0.4, -0.2) is 13.9 Å². The van der Waals surface area contributed by atoms with Gasteiger partial charge in [-0.05, 0) is 10.4 Å². The molecule has 0 fully saturated rings. The normalized spacial score (nSPS) is 20.0. The molecule has 0 bridgehead atoms. The minimum absolute atomic E-state index is 0.0370. The van der Waals surface area contributed by atoms with E-state index >= 15 is 0 Å². The van der Waals surface area contributed by atoms with E-state index in [0.717, 1.165) is 0 Å². The fourth-order valence-electron chi connectivity index (χ4n) is 0.219. The van der Waals surface area contributed by atoms with Gasteiger partial charge < -0.3 is 0 Å². The lowest BCUT2D eigenvalue weighted by molar-refractivity contribution is 0.953. The molecule has 0 aliphatic carbocycles. The maximum Gasteiger partial charge on any atom is 0.167 e. The second-order valence-corrected chi connectivity index (χ2v) is 1.04. The molecule has 30 valence electrons. The minimum Gasteiger partial charge on any atom is -0.148 e. The van der Waals surface area contributed by atoms with Crippen molar-refractivity contribution in [3.63, 3.8) is 0 Å². The summed E-state index contributed by atoms with van der Waals surface area (Å²) in [7, 11) is 1.82. The van der Waals surface area contributed by atoms with E-state index in [2.05, 4.69) is 20.7 Å². The average molecular weight is 81.9 g/mol. The molecular formula is CH3BN4. The summed E-state index contributed by atoms with van der Waals surface area (Å²) in [5.74, 6) is 0. The molecule has 0 radical (unpaired) electrons. The quantitative estimate of drug-likeness (QED) is 0.361. The predicted octanol–water partition coefficient (Wildman–Crippen LogP) is -0.264. The summed E-state index contributed by atoms with van der Waals surface area (Å²) in [6.07, 6.45) is 0.